The predicted molar refractivity (Wildman–Crippen MR) is 84.9 cm³/mol. The number of nitrogens with zero attached hydrogens (tertiary/aromatic N) is 1. The molecule has 0 bridgehead atoms. The molecule has 0 saturated heterocycles. The zero-order valence-electron chi connectivity index (χ0n) is 13.0. The molecule has 0 heterocycles. The Bertz CT molecular complexity index is 366. The van der Waals surface area contributed by atoms with Gasteiger partial charge in [-0.15, -0.1) is 0 Å². The van der Waals surface area contributed by atoms with E-state index < -0.39 is 0 Å². The highest BCUT2D eigenvalue weighted by Crippen LogP contribution is 2.37. The van der Waals surface area contributed by atoms with Gasteiger partial charge in [-0.25, -0.2) is 0 Å². The first kappa shape index (κ1) is 15.5. The van der Waals surface area contributed by atoms with Crippen LogP contribution in [0.2, 0.25) is 0 Å². The van der Waals surface area contributed by atoms with Crippen molar-refractivity contribution in [3.8, 4) is 0 Å². The van der Waals surface area contributed by atoms with Crippen LogP contribution < -0.4 is 0 Å². The van der Waals surface area contributed by atoms with Gasteiger partial charge in [0.15, 0.2) is 0 Å². The Labute approximate surface area is 123 Å². The van der Waals surface area contributed by atoms with E-state index >= 15 is 0 Å². The number of aliphatic hydroxyl groups is 1. The normalized spacial score (nSPS) is 24.8. The SMILES string of the molecule is CCN(CC)C[C@@H](O)C1CCC(c2ccccc2)CC1. The number of hydrogen-bond donors (Lipinski definition) is 1. The molecule has 0 amide bonds. The fourth-order valence-electron chi connectivity index (χ4n) is 3.46. The summed E-state index contributed by atoms with van der Waals surface area (Å²) in [7, 11) is 0. The van der Waals surface area contributed by atoms with Crippen LogP contribution in [0.15, 0.2) is 30.3 Å². The zero-order valence-corrected chi connectivity index (χ0v) is 13.0. The van der Waals surface area contributed by atoms with Gasteiger partial charge < -0.3 is 10.0 Å². The van der Waals surface area contributed by atoms with Gasteiger partial charge in [0.2, 0.25) is 0 Å². The Balaban J connectivity index is 1.82. The maximum atomic E-state index is 10.4. The molecule has 1 atom stereocenters. The first-order valence-corrected chi connectivity index (χ1v) is 8.20. The summed E-state index contributed by atoms with van der Waals surface area (Å²) in [4.78, 5) is 2.33. The lowest BCUT2D eigenvalue weighted by Gasteiger charge is -2.33. The summed E-state index contributed by atoms with van der Waals surface area (Å²) in [5.41, 5.74) is 1.48. The van der Waals surface area contributed by atoms with Crippen molar-refractivity contribution < 1.29 is 5.11 Å². The van der Waals surface area contributed by atoms with Crippen LogP contribution in [0.3, 0.4) is 0 Å². The zero-order chi connectivity index (χ0) is 14.4. The highest BCUT2D eigenvalue weighted by molar-refractivity contribution is 5.19. The summed E-state index contributed by atoms with van der Waals surface area (Å²) in [5, 5.41) is 10.4. The Kier molecular flexibility index (Phi) is 6.06. The van der Waals surface area contributed by atoms with E-state index in [1.54, 1.807) is 0 Å². The van der Waals surface area contributed by atoms with Crippen LogP contribution >= 0.6 is 0 Å². The van der Waals surface area contributed by atoms with E-state index in [0.29, 0.717) is 11.8 Å². The lowest BCUT2D eigenvalue weighted by atomic mass is 9.76. The van der Waals surface area contributed by atoms with Gasteiger partial charge >= 0.3 is 0 Å². The van der Waals surface area contributed by atoms with Gasteiger partial charge in [-0.3, -0.25) is 0 Å². The van der Waals surface area contributed by atoms with Gasteiger partial charge in [-0.2, -0.15) is 0 Å². The Hall–Kier alpha value is -0.860. The Morgan fingerprint density at radius 1 is 1.05 bits per heavy atom. The highest BCUT2D eigenvalue weighted by atomic mass is 16.3. The topological polar surface area (TPSA) is 23.5 Å². The van der Waals surface area contributed by atoms with Gasteiger partial charge in [0.25, 0.3) is 0 Å². The first-order chi connectivity index (χ1) is 9.74. The molecule has 1 aromatic rings. The van der Waals surface area contributed by atoms with Crippen molar-refractivity contribution in [1.29, 1.82) is 0 Å². The van der Waals surface area contributed by atoms with Crippen LogP contribution in [0.1, 0.15) is 51.0 Å². The van der Waals surface area contributed by atoms with E-state index in [4.69, 9.17) is 0 Å². The summed E-state index contributed by atoms with van der Waals surface area (Å²) < 4.78 is 0. The van der Waals surface area contributed by atoms with Crippen LogP contribution in [0, 0.1) is 5.92 Å². The van der Waals surface area contributed by atoms with Crippen molar-refractivity contribution in [2.75, 3.05) is 19.6 Å². The molecule has 1 aliphatic rings. The van der Waals surface area contributed by atoms with Gasteiger partial charge in [0.05, 0.1) is 6.10 Å². The van der Waals surface area contributed by atoms with E-state index in [0.717, 1.165) is 19.6 Å². The summed E-state index contributed by atoms with van der Waals surface area (Å²) in [5.74, 6) is 1.20. The molecule has 112 valence electrons. The molecule has 0 aromatic heterocycles. The average molecular weight is 275 g/mol. The minimum Gasteiger partial charge on any atom is -0.392 e. The average Bonchev–Trinajstić information content (AvgIpc) is 2.53. The van der Waals surface area contributed by atoms with E-state index in [9.17, 15) is 5.11 Å². The molecule has 2 heteroatoms. The molecule has 0 spiro atoms. The lowest BCUT2D eigenvalue weighted by Crippen LogP contribution is -2.37. The van der Waals surface area contributed by atoms with Crippen molar-refractivity contribution in [1.82, 2.24) is 4.90 Å². The third kappa shape index (κ3) is 4.07. The first-order valence-electron chi connectivity index (χ1n) is 8.20. The fraction of sp³-hybridized carbons (Fsp3) is 0.667. The van der Waals surface area contributed by atoms with Crippen molar-refractivity contribution >= 4 is 0 Å². The van der Waals surface area contributed by atoms with Crippen molar-refractivity contribution in [3.63, 3.8) is 0 Å². The summed E-state index contributed by atoms with van der Waals surface area (Å²) in [6.07, 6.45) is 4.64. The molecule has 0 unspecified atom stereocenters. The molecule has 0 aliphatic heterocycles. The van der Waals surface area contributed by atoms with Gasteiger partial charge in [0.1, 0.15) is 0 Å². The third-order valence-electron chi connectivity index (χ3n) is 4.93. The molecule has 0 radical (unpaired) electrons. The van der Waals surface area contributed by atoms with E-state index in [2.05, 4.69) is 49.1 Å². The molecule has 2 rings (SSSR count). The maximum Gasteiger partial charge on any atom is 0.0695 e. The van der Waals surface area contributed by atoms with Crippen LogP contribution in [0.5, 0.6) is 0 Å². The predicted octanol–water partition coefficient (Wildman–Crippen LogP) is 3.66. The second-order valence-corrected chi connectivity index (χ2v) is 6.08. The molecule has 2 nitrogen and oxygen atoms in total. The van der Waals surface area contributed by atoms with Crippen LogP contribution in [-0.2, 0) is 0 Å². The Morgan fingerprint density at radius 3 is 2.20 bits per heavy atom. The van der Waals surface area contributed by atoms with Crippen molar-refractivity contribution in [3.05, 3.63) is 35.9 Å². The molecule has 1 fully saturated rings. The van der Waals surface area contributed by atoms with E-state index in [1.165, 1.54) is 31.2 Å². The molecule has 1 aromatic carbocycles. The highest BCUT2D eigenvalue weighted by Gasteiger charge is 2.27. The van der Waals surface area contributed by atoms with Gasteiger partial charge in [0, 0.05) is 6.54 Å². The second kappa shape index (κ2) is 7.80. The maximum absolute atomic E-state index is 10.4. The number of hydrogen-bond acceptors (Lipinski definition) is 2. The van der Waals surface area contributed by atoms with Crippen molar-refractivity contribution in [2.24, 2.45) is 5.92 Å². The molecular weight excluding hydrogens is 246 g/mol. The standard InChI is InChI=1S/C18H29NO/c1-3-19(4-2)14-18(20)17-12-10-16(11-13-17)15-8-6-5-7-9-15/h5-9,16-18,20H,3-4,10-14H2,1-2H3/t16?,17?,18-/m1/s1. The molecule has 20 heavy (non-hydrogen) atoms. The second-order valence-electron chi connectivity index (χ2n) is 6.08. The largest absolute Gasteiger partial charge is 0.392 e. The Morgan fingerprint density at radius 2 is 1.65 bits per heavy atom. The van der Waals surface area contributed by atoms with E-state index in [-0.39, 0.29) is 6.10 Å². The van der Waals surface area contributed by atoms with E-state index in [1.807, 2.05) is 0 Å². The summed E-state index contributed by atoms with van der Waals surface area (Å²) >= 11 is 0. The lowest BCUT2D eigenvalue weighted by molar-refractivity contribution is 0.0479. The van der Waals surface area contributed by atoms with Gasteiger partial charge in [-0.1, -0.05) is 44.2 Å². The smallest absolute Gasteiger partial charge is 0.0695 e. The quantitative estimate of drug-likeness (QED) is 0.856. The minimum absolute atomic E-state index is 0.147. The molecule has 1 N–H and O–H groups in total. The monoisotopic (exact) mass is 275 g/mol. The number of benzene rings is 1. The summed E-state index contributed by atoms with van der Waals surface area (Å²) in [6, 6.07) is 10.9. The molecule has 1 aliphatic carbocycles. The third-order valence-corrected chi connectivity index (χ3v) is 4.93. The van der Waals surface area contributed by atoms with Crippen molar-refractivity contribution in [2.45, 2.75) is 51.6 Å². The summed E-state index contributed by atoms with van der Waals surface area (Å²) in [6.45, 7) is 7.25. The number of aliphatic hydroxyl groups excluding tert-OH is 1. The van der Waals surface area contributed by atoms with Crippen LogP contribution in [0.4, 0.5) is 0 Å². The molecular formula is C18H29NO. The number of likely N-dealkylation sites (N-methyl/N-ethyl adjacent to an activating group) is 1. The molecule has 1 saturated carbocycles. The fourth-order valence-corrected chi connectivity index (χ4v) is 3.46. The van der Waals surface area contributed by atoms with Gasteiger partial charge in [-0.05, 0) is 56.2 Å². The number of rotatable bonds is 6. The van der Waals surface area contributed by atoms with Crippen LogP contribution in [0.25, 0.3) is 0 Å². The van der Waals surface area contributed by atoms with Crippen LogP contribution in [-0.4, -0.2) is 35.7 Å². The minimum atomic E-state index is -0.147.